The Labute approximate surface area is 186 Å². The average molecular weight is 484 g/mol. The van der Waals surface area contributed by atoms with Crippen molar-refractivity contribution in [2.75, 3.05) is 18.9 Å². The Balaban J connectivity index is 1.62. The molecule has 4 rings (SSSR count). The molecule has 1 saturated heterocycles. The van der Waals surface area contributed by atoms with E-state index >= 15 is 0 Å². The van der Waals surface area contributed by atoms with Crippen LogP contribution in [0.2, 0.25) is 0 Å². The number of imidazole rings is 1. The van der Waals surface area contributed by atoms with Gasteiger partial charge in [-0.1, -0.05) is 23.2 Å². The number of benzene rings is 1. The number of aromatic nitrogens is 4. The first kappa shape index (κ1) is 23.3. The molecule has 0 bridgehead atoms. The molecule has 0 aliphatic carbocycles. The van der Waals surface area contributed by atoms with Crippen LogP contribution in [0.5, 0.6) is 5.75 Å². The van der Waals surface area contributed by atoms with E-state index in [9.17, 15) is 19.6 Å². The van der Waals surface area contributed by atoms with Crippen LogP contribution in [-0.2, 0) is 20.4 Å². The molecule has 33 heavy (non-hydrogen) atoms. The van der Waals surface area contributed by atoms with Crippen LogP contribution in [0.4, 0.5) is 5.95 Å². The van der Waals surface area contributed by atoms with Crippen LogP contribution >= 0.6 is 7.82 Å². The third kappa shape index (κ3) is 5.07. The second kappa shape index (κ2) is 9.19. The van der Waals surface area contributed by atoms with Crippen molar-refractivity contribution < 1.29 is 43.1 Å². The fourth-order valence-corrected chi connectivity index (χ4v) is 3.92. The number of rotatable bonds is 8. The quantitative estimate of drug-likeness (QED) is 0.159. The molecule has 3 aromatic rings. The highest BCUT2D eigenvalue weighted by atomic mass is 31.2. The first-order valence-corrected chi connectivity index (χ1v) is 11.4. The highest BCUT2D eigenvalue weighted by Gasteiger charge is 2.47. The molecule has 0 radical (unpaired) electrons. The number of hydrogen-bond acceptors (Lipinski definition) is 9. The van der Waals surface area contributed by atoms with Crippen LogP contribution in [0, 0.1) is 0 Å². The van der Waals surface area contributed by atoms with Gasteiger partial charge in [-0.05, 0) is 12.1 Å². The Morgan fingerprint density at radius 3 is 2.67 bits per heavy atom. The van der Waals surface area contributed by atoms with E-state index in [1.807, 2.05) is 18.2 Å². The van der Waals surface area contributed by atoms with Crippen LogP contribution in [0.25, 0.3) is 11.2 Å². The lowest BCUT2D eigenvalue weighted by molar-refractivity contribution is -0.746. The van der Waals surface area contributed by atoms with Gasteiger partial charge in [0, 0.05) is 0 Å². The van der Waals surface area contributed by atoms with Gasteiger partial charge in [-0.25, -0.2) is 9.13 Å². The van der Waals surface area contributed by atoms with Crippen molar-refractivity contribution in [1.29, 1.82) is 0 Å². The molecule has 0 amide bonds. The molecule has 1 fully saturated rings. The van der Waals surface area contributed by atoms with Crippen LogP contribution in [-0.4, -0.2) is 66.1 Å². The minimum atomic E-state index is -4.81. The number of anilines is 1. The SMILES string of the molecule is Nc1nc2c(c(=O)[nH]1)n(CCOc1ccccc1)c[n+]2[C@@H]1O[C@H](COP(=O)(O)O)[C@@H](O)[C@H]1O. The molecule has 0 spiro atoms. The van der Waals surface area contributed by atoms with E-state index in [-0.39, 0.29) is 30.3 Å². The summed E-state index contributed by atoms with van der Waals surface area (Å²) in [4.78, 5) is 36.9. The zero-order valence-corrected chi connectivity index (χ0v) is 18.0. The number of nitrogens with zero attached hydrogens (tertiary/aromatic N) is 3. The number of ether oxygens (including phenoxy) is 2. The monoisotopic (exact) mass is 484 g/mol. The smallest absolute Gasteiger partial charge is 0.469 e. The maximum absolute atomic E-state index is 12.6. The maximum Gasteiger partial charge on any atom is 0.469 e. The molecule has 7 N–H and O–H groups in total. The molecule has 14 nitrogen and oxygen atoms in total. The molecule has 15 heteroatoms. The predicted molar refractivity (Wildman–Crippen MR) is 111 cm³/mol. The van der Waals surface area contributed by atoms with Gasteiger partial charge in [-0.2, -0.15) is 0 Å². The first-order chi connectivity index (χ1) is 15.6. The number of H-pyrrole nitrogens is 1. The number of phosphoric acid groups is 1. The van der Waals surface area contributed by atoms with Gasteiger partial charge in [0.25, 0.3) is 11.5 Å². The average Bonchev–Trinajstić information content (AvgIpc) is 3.24. The van der Waals surface area contributed by atoms with Crippen LogP contribution in [0.1, 0.15) is 6.23 Å². The maximum atomic E-state index is 12.6. The zero-order chi connectivity index (χ0) is 23.8. The summed E-state index contributed by atoms with van der Waals surface area (Å²) in [6, 6.07) is 9.06. The number of phosphoric ester groups is 1. The van der Waals surface area contributed by atoms with E-state index in [0.29, 0.717) is 5.75 Å². The second-order valence-corrected chi connectivity index (χ2v) is 8.57. The summed E-state index contributed by atoms with van der Waals surface area (Å²) in [7, 11) is -4.81. The Morgan fingerprint density at radius 1 is 1.24 bits per heavy atom. The summed E-state index contributed by atoms with van der Waals surface area (Å²) < 4.78 is 29.5. The Hall–Kier alpha value is -2.84. The first-order valence-electron chi connectivity index (χ1n) is 9.83. The molecule has 4 atom stereocenters. The van der Waals surface area contributed by atoms with Crippen molar-refractivity contribution in [3.05, 3.63) is 47.0 Å². The summed E-state index contributed by atoms with van der Waals surface area (Å²) in [6.07, 6.45) is -4.06. The summed E-state index contributed by atoms with van der Waals surface area (Å²) >= 11 is 0. The van der Waals surface area contributed by atoms with Gasteiger partial charge in [0.2, 0.25) is 11.7 Å². The summed E-state index contributed by atoms with van der Waals surface area (Å²) in [5.41, 5.74) is 5.35. The summed E-state index contributed by atoms with van der Waals surface area (Å²) in [5.74, 6) is 0.470. The van der Waals surface area contributed by atoms with Crippen molar-refractivity contribution in [3.8, 4) is 5.75 Å². The van der Waals surface area contributed by atoms with Gasteiger partial charge >= 0.3 is 13.5 Å². The standard InChI is InChI=1S/C18H22N5O9P/c19-18-20-15-12(16(26)21-18)22(6-7-30-10-4-2-1-3-5-10)9-23(15)17-14(25)13(24)11(32-17)8-31-33(27,28)29/h1-5,9,11,13-14,17,24-25H,6-8H2,(H4-,19,20,21,26,27,28,29)/p+1/t11-,13-,14-,17-/m1/s1. The molecule has 3 heterocycles. The normalized spacial score (nSPS) is 23.3. The van der Waals surface area contributed by atoms with Crippen LogP contribution in [0.3, 0.4) is 0 Å². The van der Waals surface area contributed by atoms with Gasteiger partial charge in [0.05, 0.1) is 6.61 Å². The van der Waals surface area contributed by atoms with Crippen molar-refractivity contribution >= 4 is 24.9 Å². The highest BCUT2D eigenvalue weighted by molar-refractivity contribution is 7.46. The molecule has 0 saturated carbocycles. The lowest BCUT2D eigenvalue weighted by atomic mass is 10.1. The molecule has 0 unspecified atom stereocenters. The van der Waals surface area contributed by atoms with Gasteiger partial charge in [0.15, 0.2) is 6.33 Å². The van der Waals surface area contributed by atoms with Crippen LogP contribution < -0.4 is 20.6 Å². The number of nitrogens with one attached hydrogen (secondary N) is 1. The number of nitrogens with two attached hydrogens (primary N) is 1. The van der Waals surface area contributed by atoms with Crippen molar-refractivity contribution in [3.63, 3.8) is 0 Å². The van der Waals surface area contributed by atoms with Crippen molar-refractivity contribution in [2.24, 2.45) is 0 Å². The number of aliphatic hydroxyl groups is 2. The third-order valence-electron chi connectivity index (χ3n) is 5.05. The molecular formula is C18H23N5O9P+. The van der Waals surface area contributed by atoms with E-state index in [4.69, 9.17) is 25.0 Å². The lowest BCUT2D eigenvalue weighted by Crippen LogP contribution is -2.46. The van der Waals surface area contributed by atoms with E-state index in [0.717, 1.165) is 0 Å². The molecule has 1 aliphatic rings. The molecule has 2 aromatic heterocycles. The van der Waals surface area contributed by atoms with Gasteiger partial charge in [0.1, 0.15) is 37.2 Å². The molecule has 1 aliphatic heterocycles. The van der Waals surface area contributed by atoms with Gasteiger partial charge in [-0.15, -0.1) is 0 Å². The zero-order valence-electron chi connectivity index (χ0n) is 17.1. The minimum absolute atomic E-state index is 0.0729. The number of aromatic amines is 1. The van der Waals surface area contributed by atoms with Gasteiger partial charge in [-0.3, -0.25) is 18.9 Å². The highest BCUT2D eigenvalue weighted by Crippen LogP contribution is 2.37. The summed E-state index contributed by atoms with van der Waals surface area (Å²) in [6.45, 7) is -0.241. The third-order valence-corrected chi connectivity index (χ3v) is 5.54. The summed E-state index contributed by atoms with van der Waals surface area (Å²) in [5, 5.41) is 20.8. The Kier molecular flexibility index (Phi) is 6.50. The fraction of sp³-hybridized carbons (Fsp3) is 0.389. The van der Waals surface area contributed by atoms with E-state index in [2.05, 4.69) is 14.5 Å². The number of aliphatic hydroxyl groups excluding tert-OH is 2. The van der Waals surface area contributed by atoms with E-state index in [1.165, 1.54) is 15.5 Å². The second-order valence-electron chi connectivity index (χ2n) is 7.33. The van der Waals surface area contributed by atoms with Crippen molar-refractivity contribution in [1.82, 2.24) is 14.5 Å². The van der Waals surface area contributed by atoms with E-state index < -0.39 is 44.5 Å². The van der Waals surface area contributed by atoms with Crippen molar-refractivity contribution in [2.45, 2.75) is 31.1 Å². The Bertz CT molecular complexity index is 1230. The molecule has 1 aromatic carbocycles. The minimum Gasteiger partial charge on any atom is -0.490 e. The molecule has 178 valence electrons. The van der Waals surface area contributed by atoms with E-state index in [1.54, 1.807) is 12.1 Å². The number of nitrogen functional groups attached to an aromatic ring is 1. The Morgan fingerprint density at radius 2 is 1.97 bits per heavy atom. The lowest BCUT2D eigenvalue weighted by Gasteiger charge is -2.14. The topological polar surface area (TPSA) is 206 Å². The number of fused-ring (bicyclic) bond motifs is 1. The van der Waals surface area contributed by atoms with Crippen LogP contribution in [0.15, 0.2) is 41.5 Å². The fourth-order valence-electron chi connectivity index (χ4n) is 3.58. The molecular weight excluding hydrogens is 461 g/mol. The predicted octanol–water partition coefficient (Wildman–Crippen LogP) is -1.60. The largest absolute Gasteiger partial charge is 0.490 e. The number of hydrogen-bond donors (Lipinski definition) is 6. The van der Waals surface area contributed by atoms with Gasteiger partial charge < -0.3 is 35.2 Å². The number of para-hydroxylation sites is 1.